The Morgan fingerprint density at radius 1 is 1.42 bits per heavy atom. The number of carbonyl (C=O) groups excluding carboxylic acids is 1. The van der Waals surface area contributed by atoms with Gasteiger partial charge in [-0.05, 0) is 32.9 Å². The van der Waals surface area contributed by atoms with Crippen LogP contribution in [0.3, 0.4) is 0 Å². The molecule has 102 valence electrons. The van der Waals surface area contributed by atoms with E-state index in [1.165, 1.54) is 0 Å². The summed E-state index contributed by atoms with van der Waals surface area (Å²) in [5.41, 5.74) is 9.10. The lowest BCUT2D eigenvalue weighted by molar-refractivity contribution is -0.144. The van der Waals surface area contributed by atoms with Gasteiger partial charge >= 0.3 is 5.97 Å². The van der Waals surface area contributed by atoms with E-state index in [1.54, 1.807) is 6.92 Å². The molecule has 0 radical (unpaired) electrons. The van der Waals surface area contributed by atoms with E-state index in [-0.39, 0.29) is 5.97 Å². The van der Waals surface area contributed by atoms with E-state index < -0.39 is 6.04 Å². The molecule has 0 amide bonds. The molecule has 2 aromatic rings. The summed E-state index contributed by atoms with van der Waals surface area (Å²) >= 11 is 0. The average Bonchev–Trinajstić information content (AvgIpc) is 2.76. The highest BCUT2D eigenvalue weighted by Crippen LogP contribution is 2.27. The Kier molecular flexibility index (Phi) is 3.90. The molecule has 1 heterocycles. The number of ether oxygens (including phenoxy) is 1. The maximum atomic E-state index is 11.8. The molecule has 2 N–H and O–H groups in total. The Labute approximate surface area is 113 Å². The van der Waals surface area contributed by atoms with Gasteiger partial charge < -0.3 is 15.0 Å². The van der Waals surface area contributed by atoms with E-state index in [9.17, 15) is 4.79 Å². The lowest BCUT2D eigenvalue weighted by atomic mass is 10.1. The number of nitrogens with zero attached hydrogens (tertiary/aromatic N) is 1. The lowest BCUT2D eigenvalue weighted by Gasteiger charge is -2.09. The molecule has 0 bridgehead atoms. The van der Waals surface area contributed by atoms with Gasteiger partial charge in [0.2, 0.25) is 0 Å². The molecule has 1 unspecified atom stereocenters. The number of carbonyl (C=O) groups is 1. The normalized spacial score (nSPS) is 12.6. The minimum absolute atomic E-state index is 0.345. The molecule has 1 aromatic carbocycles. The number of hydrogen-bond donors (Lipinski definition) is 1. The minimum atomic E-state index is -0.725. The number of benzene rings is 1. The van der Waals surface area contributed by atoms with E-state index in [0.29, 0.717) is 6.61 Å². The summed E-state index contributed by atoms with van der Waals surface area (Å²) in [6.07, 6.45) is 1.95. The first-order chi connectivity index (χ1) is 9.08. The van der Waals surface area contributed by atoms with Crippen molar-refractivity contribution in [1.82, 2.24) is 4.57 Å². The third kappa shape index (κ3) is 2.49. The van der Waals surface area contributed by atoms with Gasteiger partial charge in [-0.3, -0.25) is 0 Å². The second kappa shape index (κ2) is 5.45. The van der Waals surface area contributed by atoms with Gasteiger partial charge in [0, 0.05) is 29.2 Å². The number of nitrogens with two attached hydrogens (primary N) is 1. The Balaban J connectivity index is 2.53. The van der Waals surface area contributed by atoms with Crippen LogP contribution in [0, 0.1) is 6.92 Å². The standard InChI is InChI=1S/C15H20N2O2/c1-4-17-9-12(14(16)15(18)19-5-2)11-8-10(3)6-7-13(11)17/h6-9,14H,4-5,16H2,1-3H3. The monoisotopic (exact) mass is 260 g/mol. The van der Waals surface area contributed by atoms with Crippen molar-refractivity contribution in [2.75, 3.05) is 6.61 Å². The van der Waals surface area contributed by atoms with Crippen molar-refractivity contribution in [2.24, 2.45) is 5.73 Å². The van der Waals surface area contributed by atoms with Crippen molar-refractivity contribution >= 4 is 16.9 Å². The van der Waals surface area contributed by atoms with Crippen molar-refractivity contribution in [1.29, 1.82) is 0 Å². The molecule has 1 aromatic heterocycles. The molecule has 0 aliphatic rings. The number of hydrogen-bond acceptors (Lipinski definition) is 3. The van der Waals surface area contributed by atoms with Crippen LogP contribution in [0.15, 0.2) is 24.4 Å². The van der Waals surface area contributed by atoms with Crippen LogP contribution < -0.4 is 5.73 Å². The third-order valence-corrected chi connectivity index (χ3v) is 3.28. The molecule has 0 aliphatic heterocycles. The molecular formula is C15H20N2O2. The van der Waals surface area contributed by atoms with Crippen LogP contribution in [-0.4, -0.2) is 17.1 Å². The molecule has 1 atom stereocenters. The van der Waals surface area contributed by atoms with Gasteiger partial charge in [-0.1, -0.05) is 11.6 Å². The molecule has 0 aliphatic carbocycles. The highest BCUT2D eigenvalue weighted by molar-refractivity contribution is 5.90. The highest BCUT2D eigenvalue weighted by Gasteiger charge is 2.21. The second-order valence-corrected chi connectivity index (χ2v) is 4.62. The minimum Gasteiger partial charge on any atom is -0.465 e. The van der Waals surface area contributed by atoms with E-state index >= 15 is 0 Å². The summed E-state index contributed by atoms with van der Waals surface area (Å²) in [5, 5.41) is 1.03. The largest absolute Gasteiger partial charge is 0.465 e. The van der Waals surface area contributed by atoms with Gasteiger partial charge in [0.1, 0.15) is 6.04 Å². The average molecular weight is 260 g/mol. The van der Waals surface area contributed by atoms with E-state index in [4.69, 9.17) is 10.5 Å². The summed E-state index contributed by atoms with van der Waals surface area (Å²) in [6.45, 7) is 7.07. The SMILES string of the molecule is CCOC(=O)C(N)c1cn(CC)c2ccc(C)cc12. The van der Waals surface area contributed by atoms with Crippen molar-refractivity contribution < 1.29 is 9.53 Å². The third-order valence-electron chi connectivity index (χ3n) is 3.28. The van der Waals surface area contributed by atoms with E-state index in [1.807, 2.05) is 13.1 Å². The fraction of sp³-hybridized carbons (Fsp3) is 0.400. The zero-order valence-electron chi connectivity index (χ0n) is 11.6. The van der Waals surface area contributed by atoms with Crippen molar-refractivity contribution in [3.63, 3.8) is 0 Å². The van der Waals surface area contributed by atoms with E-state index in [0.717, 1.165) is 28.6 Å². The number of esters is 1. The van der Waals surface area contributed by atoms with Crippen LogP contribution in [0.2, 0.25) is 0 Å². The van der Waals surface area contributed by atoms with Crippen molar-refractivity contribution in [2.45, 2.75) is 33.4 Å². The number of rotatable bonds is 4. The van der Waals surface area contributed by atoms with Gasteiger partial charge in [0.05, 0.1) is 6.61 Å². The van der Waals surface area contributed by atoms with Crippen molar-refractivity contribution in [3.8, 4) is 0 Å². The molecular weight excluding hydrogens is 240 g/mol. The molecule has 0 saturated carbocycles. The highest BCUT2D eigenvalue weighted by atomic mass is 16.5. The van der Waals surface area contributed by atoms with Gasteiger partial charge in [0.15, 0.2) is 0 Å². The Bertz CT molecular complexity index is 601. The summed E-state index contributed by atoms with van der Waals surface area (Å²) in [6, 6.07) is 5.47. The van der Waals surface area contributed by atoms with Crippen LogP contribution in [-0.2, 0) is 16.1 Å². The predicted octanol–water partition coefficient (Wildman–Crippen LogP) is 2.53. The quantitative estimate of drug-likeness (QED) is 0.859. The second-order valence-electron chi connectivity index (χ2n) is 4.62. The fourth-order valence-corrected chi connectivity index (χ4v) is 2.31. The van der Waals surface area contributed by atoms with Crippen LogP contribution in [0.4, 0.5) is 0 Å². The fourth-order valence-electron chi connectivity index (χ4n) is 2.31. The molecule has 0 spiro atoms. The number of aryl methyl sites for hydroxylation is 2. The smallest absolute Gasteiger partial charge is 0.327 e. The molecule has 0 saturated heterocycles. The van der Waals surface area contributed by atoms with Crippen LogP contribution in [0.25, 0.3) is 10.9 Å². The van der Waals surface area contributed by atoms with Crippen LogP contribution in [0.1, 0.15) is 31.0 Å². The Morgan fingerprint density at radius 2 is 2.16 bits per heavy atom. The van der Waals surface area contributed by atoms with Crippen LogP contribution in [0.5, 0.6) is 0 Å². The topological polar surface area (TPSA) is 57.2 Å². The lowest BCUT2D eigenvalue weighted by Crippen LogP contribution is -2.23. The van der Waals surface area contributed by atoms with E-state index in [2.05, 4.69) is 29.7 Å². The first-order valence-electron chi connectivity index (χ1n) is 6.60. The van der Waals surface area contributed by atoms with Gasteiger partial charge in [0.25, 0.3) is 0 Å². The maximum absolute atomic E-state index is 11.8. The molecule has 0 fully saturated rings. The summed E-state index contributed by atoms with van der Waals surface area (Å²) in [7, 11) is 0. The molecule has 2 rings (SSSR count). The molecule has 19 heavy (non-hydrogen) atoms. The Morgan fingerprint density at radius 3 is 2.79 bits per heavy atom. The number of aromatic nitrogens is 1. The summed E-state index contributed by atoms with van der Waals surface area (Å²) in [4.78, 5) is 11.8. The van der Waals surface area contributed by atoms with Gasteiger partial charge in [-0.2, -0.15) is 0 Å². The molecule has 4 nitrogen and oxygen atoms in total. The predicted molar refractivity (Wildman–Crippen MR) is 75.9 cm³/mol. The molecule has 4 heteroatoms. The van der Waals surface area contributed by atoms with Crippen molar-refractivity contribution in [3.05, 3.63) is 35.5 Å². The van der Waals surface area contributed by atoms with Gasteiger partial charge in [-0.25, -0.2) is 4.79 Å². The zero-order valence-corrected chi connectivity index (χ0v) is 11.6. The first-order valence-corrected chi connectivity index (χ1v) is 6.60. The number of fused-ring (bicyclic) bond motifs is 1. The maximum Gasteiger partial charge on any atom is 0.327 e. The summed E-state index contributed by atoms with van der Waals surface area (Å²) in [5.74, 6) is -0.376. The first kappa shape index (κ1) is 13.6. The van der Waals surface area contributed by atoms with Gasteiger partial charge in [-0.15, -0.1) is 0 Å². The van der Waals surface area contributed by atoms with Crippen LogP contribution >= 0.6 is 0 Å². The Hall–Kier alpha value is -1.81. The summed E-state index contributed by atoms with van der Waals surface area (Å²) < 4.78 is 7.11. The zero-order chi connectivity index (χ0) is 14.0.